The van der Waals surface area contributed by atoms with Crippen molar-refractivity contribution in [3.8, 4) is 0 Å². The highest BCUT2D eigenvalue weighted by Gasteiger charge is 2.34. The zero-order chi connectivity index (χ0) is 15.3. The highest BCUT2D eigenvalue weighted by Crippen LogP contribution is 2.19. The third-order valence-electron chi connectivity index (χ3n) is 3.04. The zero-order valence-electron chi connectivity index (χ0n) is 12.7. The molecule has 0 bridgehead atoms. The van der Waals surface area contributed by atoms with Crippen LogP contribution in [0.3, 0.4) is 0 Å². The molecule has 0 radical (unpaired) electrons. The van der Waals surface area contributed by atoms with Crippen molar-refractivity contribution in [3.63, 3.8) is 0 Å². The first-order valence-corrected chi connectivity index (χ1v) is 10.4. The minimum Gasteiger partial charge on any atom is -0.481 e. The molecule has 0 aromatic rings. The summed E-state index contributed by atoms with van der Waals surface area (Å²) in [5.41, 5.74) is 0. The van der Waals surface area contributed by atoms with E-state index in [1.807, 2.05) is 6.92 Å². The fourth-order valence-corrected chi connectivity index (χ4v) is 3.15. The molecule has 0 saturated carbocycles. The number of carboxylic acids is 1. The second-order valence-electron chi connectivity index (χ2n) is 5.98. The number of carbonyl (C=O) groups excluding carboxylic acids is 1. The van der Waals surface area contributed by atoms with Crippen LogP contribution in [0.25, 0.3) is 0 Å². The summed E-state index contributed by atoms with van der Waals surface area (Å²) in [6, 6.07) is 0. The Morgan fingerprint density at radius 1 is 1.50 bits per heavy atom. The van der Waals surface area contributed by atoms with E-state index >= 15 is 0 Å². The Bertz CT molecular complexity index is 355. The summed E-state index contributed by atoms with van der Waals surface area (Å²) in [5, 5.41) is 8.94. The number of carbonyl (C=O) groups is 2. The lowest BCUT2D eigenvalue weighted by molar-refractivity contribution is -0.141. The molecule has 1 fully saturated rings. The van der Waals surface area contributed by atoms with Gasteiger partial charge in [-0.25, -0.2) is 0 Å². The number of hydrogen-bond donors (Lipinski definition) is 1. The summed E-state index contributed by atoms with van der Waals surface area (Å²) >= 11 is 0. The summed E-state index contributed by atoms with van der Waals surface area (Å²) in [5.74, 6) is -1.58. The summed E-state index contributed by atoms with van der Waals surface area (Å²) < 4.78 is 11.5. The predicted octanol–water partition coefficient (Wildman–Crippen LogP) is 1.52. The monoisotopic (exact) mass is 303 g/mol. The summed E-state index contributed by atoms with van der Waals surface area (Å²) in [4.78, 5) is 24.2. The van der Waals surface area contributed by atoms with Gasteiger partial charge in [-0.15, -0.1) is 0 Å². The van der Waals surface area contributed by atoms with Crippen molar-refractivity contribution in [1.82, 2.24) is 4.90 Å². The SMILES string of the molecule is CCOC(CCN1CC(C(=O)O)CC1=O)O[Si](C)(C)C. The largest absolute Gasteiger partial charge is 0.481 e. The van der Waals surface area contributed by atoms with Gasteiger partial charge in [0.1, 0.15) is 6.29 Å². The zero-order valence-corrected chi connectivity index (χ0v) is 13.7. The average Bonchev–Trinajstić information content (AvgIpc) is 2.66. The Labute approximate surface area is 121 Å². The van der Waals surface area contributed by atoms with Gasteiger partial charge in [0.05, 0.1) is 5.92 Å². The lowest BCUT2D eigenvalue weighted by Crippen LogP contribution is -2.37. The molecule has 7 heteroatoms. The molecule has 116 valence electrons. The molecule has 1 amide bonds. The third kappa shape index (κ3) is 5.60. The molecule has 0 aromatic carbocycles. The first-order chi connectivity index (χ1) is 9.23. The van der Waals surface area contributed by atoms with Crippen molar-refractivity contribution in [1.29, 1.82) is 0 Å². The number of nitrogens with zero attached hydrogens (tertiary/aromatic N) is 1. The van der Waals surface area contributed by atoms with E-state index in [2.05, 4.69) is 19.6 Å². The van der Waals surface area contributed by atoms with E-state index in [1.165, 1.54) is 0 Å². The molecule has 2 unspecified atom stereocenters. The second kappa shape index (κ2) is 7.19. The second-order valence-corrected chi connectivity index (χ2v) is 10.4. The van der Waals surface area contributed by atoms with Crippen molar-refractivity contribution >= 4 is 20.2 Å². The van der Waals surface area contributed by atoms with Crippen LogP contribution in [0.15, 0.2) is 0 Å². The van der Waals surface area contributed by atoms with Gasteiger partial charge in [-0.05, 0) is 26.6 Å². The Hall–Kier alpha value is -0.923. The molecule has 20 heavy (non-hydrogen) atoms. The number of rotatable bonds is 8. The first-order valence-electron chi connectivity index (χ1n) is 7.03. The van der Waals surface area contributed by atoms with Gasteiger partial charge in [0.15, 0.2) is 8.32 Å². The summed E-state index contributed by atoms with van der Waals surface area (Å²) in [7, 11) is -1.71. The molecule has 1 saturated heterocycles. The molecule has 1 aliphatic heterocycles. The standard InChI is InChI=1S/C13H25NO5Si/c1-5-18-12(19-20(2,3)4)6-7-14-9-10(13(16)17)8-11(14)15/h10,12H,5-9H2,1-4H3,(H,16,17). The van der Waals surface area contributed by atoms with E-state index < -0.39 is 20.2 Å². The maximum atomic E-state index is 11.7. The number of aliphatic carboxylic acids is 1. The van der Waals surface area contributed by atoms with Gasteiger partial charge in [0.2, 0.25) is 5.91 Å². The Kier molecular flexibility index (Phi) is 6.16. The van der Waals surface area contributed by atoms with Crippen LogP contribution in [0.2, 0.25) is 19.6 Å². The lowest BCUT2D eigenvalue weighted by Gasteiger charge is -2.27. The Morgan fingerprint density at radius 2 is 2.15 bits per heavy atom. The van der Waals surface area contributed by atoms with Crippen LogP contribution in [0, 0.1) is 5.92 Å². The number of carboxylic acid groups (broad SMARTS) is 1. The van der Waals surface area contributed by atoms with Crippen LogP contribution in [0.1, 0.15) is 19.8 Å². The molecule has 1 N–H and O–H groups in total. The van der Waals surface area contributed by atoms with Crippen molar-refractivity contribution in [2.45, 2.75) is 45.7 Å². The average molecular weight is 303 g/mol. The highest BCUT2D eigenvalue weighted by molar-refractivity contribution is 6.69. The van der Waals surface area contributed by atoms with Gasteiger partial charge in [-0.3, -0.25) is 9.59 Å². The highest BCUT2D eigenvalue weighted by atomic mass is 28.4. The first kappa shape index (κ1) is 17.1. The number of amides is 1. The van der Waals surface area contributed by atoms with E-state index in [1.54, 1.807) is 4.90 Å². The van der Waals surface area contributed by atoms with Crippen molar-refractivity contribution in [2.24, 2.45) is 5.92 Å². The minimum atomic E-state index is -1.71. The topological polar surface area (TPSA) is 76.1 Å². The molecular formula is C13H25NO5Si. The van der Waals surface area contributed by atoms with Gasteiger partial charge in [-0.1, -0.05) is 0 Å². The predicted molar refractivity (Wildman–Crippen MR) is 76.8 cm³/mol. The van der Waals surface area contributed by atoms with Gasteiger partial charge in [-0.2, -0.15) is 0 Å². The lowest BCUT2D eigenvalue weighted by atomic mass is 10.1. The van der Waals surface area contributed by atoms with Crippen LogP contribution in [0.4, 0.5) is 0 Å². The van der Waals surface area contributed by atoms with Gasteiger partial charge < -0.3 is 19.2 Å². The van der Waals surface area contributed by atoms with Gasteiger partial charge in [0, 0.05) is 32.5 Å². The fourth-order valence-electron chi connectivity index (χ4n) is 2.17. The normalized spacial score (nSPS) is 21.3. The maximum Gasteiger partial charge on any atom is 0.308 e. The third-order valence-corrected chi connectivity index (χ3v) is 4.01. The van der Waals surface area contributed by atoms with E-state index in [-0.39, 0.29) is 18.6 Å². The Balaban J connectivity index is 2.47. The smallest absolute Gasteiger partial charge is 0.308 e. The molecule has 0 spiro atoms. The molecule has 1 aliphatic rings. The van der Waals surface area contributed by atoms with Crippen molar-refractivity contribution < 1.29 is 23.9 Å². The summed E-state index contributed by atoms with van der Waals surface area (Å²) in [6.45, 7) is 9.49. The van der Waals surface area contributed by atoms with Crippen LogP contribution in [-0.4, -0.2) is 56.2 Å². The number of ether oxygens (including phenoxy) is 1. The van der Waals surface area contributed by atoms with Crippen molar-refractivity contribution in [2.75, 3.05) is 19.7 Å². The fraction of sp³-hybridized carbons (Fsp3) is 0.846. The van der Waals surface area contributed by atoms with E-state index in [9.17, 15) is 9.59 Å². The molecule has 1 heterocycles. The maximum absolute atomic E-state index is 11.7. The van der Waals surface area contributed by atoms with Gasteiger partial charge >= 0.3 is 5.97 Å². The summed E-state index contributed by atoms with van der Waals surface area (Å²) in [6.07, 6.45) is 0.364. The Morgan fingerprint density at radius 3 is 2.60 bits per heavy atom. The molecule has 1 rings (SSSR count). The molecular weight excluding hydrogens is 278 g/mol. The van der Waals surface area contributed by atoms with E-state index in [4.69, 9.17) is 14.3 Å². The van der Waals surface area contributed by atoms with Crippen molar-refractivity contribution in [3.05, 3.63) is 0 Å². The molecule has 0 aromatic heterocycles. The van der Waals surface area contributed by atoms with Gasteiger partial charge in [0.25, 0.3) is 0 Å². The minimum absolute atomic E-state index is 0.0966. The van der Waals surface area contributed by atoms with Crippen LogP contribution < -0.4 is 0 Å². The number of likely N-dealkylation sites (tertiary alicyclic amines) is 1. The molecule has 6 nitrogen and oxygen atoms in total. The van der Waals surface area contributed by atoms with Crippen LogP contribution in [0.5, 0.6) is 0 Å². The van der Waals surface area contributed by atoms with Crippen LogP contribution in [-0.2, 0) is 18.8 Å². The molecule has 0 aliphatic carbocycles. The van der Waals surface area contributed by atoms with E-state index in [0.717, 1.165) is 0 Å². The van der Waals surface area contributed by atoms with E-state index in [0.29, 0.717) is 26.1 Å². The quantitative estimate of drug-likeness (QED) is 0.543. The molecule has 2 atom stereocenters. The number of hydrogen-bond acceptors (Lipinski definition) is 4. The van der Waals surface area contributed by atoms with Crippen LogP contribution >= 0.6 is 0 Å².